The van der Waals surface area contributed by atoms with Crippen LogP contribution in [0.25, 0.3) is 0 Å². The van der Waals surface area contributed by atoms with Gasteiger partial charge in [-0.15, -0.1) is 0 Å². The van der Waals surface area contributed by atoms with E-state index in [2.05, 4.69) is 29.9 Å². The highest BCUT2D eigenvalue weighted by atomic mass is 35.5. The topological polar surface area (TPSA) is 212 Å². The quantitative estimate of drug-likeness (QED) is 0.0436. The van der Waals surface area contributed by atoms with Crippen LogP contribution >= 0.6 is 46.4 Å². The average molecular weight is 1150 g/mol. The number of fused-ring (bicyclic) bond motifs is 2. The molecule has 0 heterocycles. The van der Waals surface area contributed by atoms with Crippen molar-refractivity contribution < 1.29 is 54.8 Å². The zero-order chi connectivity index (χ0) is 53.4. The molecule has 2 amide bonds. The fraction of sp³-hybridized carbons (Fsp3) is 0.480. The summed E-state index contributed by atoms with van der Waals surface area (Å²) in [6, 6.07) is 19.6. The molecule has 4 aromatic carbocycles. The van der Waals surface area contributed by atoms with Crippen molar-refractivity contribution in [2.24, 2.45) is 0 Å². The fourth-order valence-corrected chi connectivity index (χ4v) is 11.6. The monoisotopic (exact) mass is 1140 g/mol. The van der Waals surface area contributed by atoms with Crippen LogP contribution in [0.3, 0.4) is 0 Å². The molecule has 2 aliphatic rings. The Bertz CT molecular complexity index is 2730. The minimum atomic E-state index is -3.80. The number of benzene rings is 4. The molecule has 0 saturated heterocycles. The highest BCUT2D eigenvalue weighted by molar-refractivity contribution is 7.89. The molecule has 4 aromatic rings. The van der Waals surface area contributed by atoms with Gasteiger partial charge in [0.1, 0.15) is 23.7 Å². The summed E-state index contributed by atoms with van der Waals surface area (Å²) in [5, 5.41) is 7.58. The third-order valence-electron chi connectivity index (χ3n) is 12.2. The molecule has 6 rings (SSSR count). The van der Waals surface area contributed by atoms with E-state index in [9.17, 15) is 26.4 Å². The van der Waals surface area contributed by atoms with Crippen LogP contribution < -0.4 is 29.6 Å². The second kappa shape index (κ2) is 28.5. The van der Waals surface area contributed by atoms with Crippen molar-refractivity contribution in [3.8, 4) is 11.5 Å². The molecule has 0 fully saturated rings. The van der Waals surface area contributed by atoms with Crippen LogP contribution in [0.4, 0.5) is 0 Å². The first-order valence-electron chi connectivity index (χ1n) is 24.0. The third kappa shape index (κ3) is 17.3. The molecule has 0 aromatic heterocycles. The van der Waals surface area contributed by atoms with Crippen molar-refractivity contribution in [2.75, 3.05) is 107 Å². The van der Waals surface area contributed by atoms with E-state index in [0.717, 1.165) is 22.3 Å². The Hall–Kier alpha value is -3.84. The summed E-state index contributed by atoms with van der Waals surface area (Å²) in [6.07, 6.45) is 0.702. The van der Waals surface area contributed by atoms with E-state index in [4.69, 9.17) is 74.8 Å². The normalized spacial score (nSPS) is 17.4. The fourth-order valence-electron chi connectivity index (χ4n) is 8.38. The van der Waals surface area contributed by atoms with Crippen LogP contribution in [0.2, 0.25) is 20.1 Å². The van der Waals surface area contributed by atoms with E-state index in [1.54, 1.807) is 36.4 Å². The Morgan fingerprint density at radius 1 is 0.541 bits per heavy atom. The van der Waals surface area contributed by atoms with Gasteiger partial charge < -0.3 is 48.9 Å². The number of nitrogens with zero attached hydrogens (tertiary/aromatic N) is 2. The molecule has 0 aliphatic heterocycles. The van der Waals surface area contributed by atoms with Crippen LogP contribution in [-0.4, -0.2) is 158 Å². The molecule has 4 N–H and O–H groups in total. The lowest BCUT2D eigenvalue weighted by Gasteiger charge is -2.27. The second-order valence-corrected chi connectivity index (χ2v) is 23.1. The van der Waals surface area contributed by atoms with E-state index in [1.165, 1.54) is 24.3 Å². The largest absolute Gasteiger partial charge is 0.484 e. The van der Waals surface area contributed by atoms with Crippen molar-refractivity contribution in [3.63, 3.8) is 0 Å². The molecule has 18 nitrogen and oxygen atoms in total. The van der Waals surface area contributed by atoms with Gasteiger partial charge >= 0.3 is 0 Å². The number of likely N-dealkylation sites (N-methyl/N-ethyl adjacent to an activating group) is 2. The number of amides is 2. The first-order valence-corrected chi connectivity index (χ1v) is 28.5. The molecule has 0 saturated carbocycles. The molecule has 0 bridgehead atoms. The minimum absolute atomic E-state index is 0.00152. The summed E-state index contributed by atoms with van der Waals surface area (Å²) in [6.45, 7) is 2.17. The highest BCUT2D eigenvalue weighted by Crippen LogP contribution is 2.44. The van der Waals surface area contributed by atoms with Crippen molar-refractivity contribution in [1.82, 2.24) is 29.9 Å². The number of sulfonamides is 2. The summed E-state index contributed by atoms with van der Waals surface area (Å²) in [7, 11) is 0.269. The van der Waals surface area contributed by atoms with Crippen LogP contribution in [0, 0.1) is 0 Å². The van der Waals surface area contributed by atoms with E-state index in [0.29, 0.717) is 44.4 Å². The number of ether oxygens (including phenoxy) is 6. The number of rotatable bonds is 31. The van der Waals surface area contributed by atoms with Crippen molar-refractivity contribution in [2.45, 2.75) is 59.8 Å². The first-order chi connectivity index (χ1) is 35.3. The zero-order valence-electron chi connectivity index (χ0n) is 41.7. The lowest BCUT2D eigenvalue weighted by atomic mass is 10.1. The van der Waals surface area contributed by atoms with Gasteiger partial charge in [0.25, 0.3) is 0 Å². The average Bonchev–Trinajstić information content (AvgIpc) is 3.90. The van der Waals surface area contributed by atoms with Gasteiger partial charge in [-0.05, 0) is 125 Å². The standard InChI is InChI=1S/C50H64Cl4N6O12S2/c1-59(2)44-28-33-27-34(51)31-43(54)48(33)50(44)72-37-7-11-39(12-8-37)74(65,66)58-18-22-70-26-24-68-20-16-56-47(62)14-13-46(61)55-15-19-67-23-25-69-21-17-57-73(63,64)38-9-5-36(6-10-38)71-49-41-29-35(52)30-42(53)40(41)32-45(49)60(3)4/h5-12,27,29-31,44-45,49-50,57-58H,13-26,28,32H2,1-4H3,(H,55,61)(H,56,62)/t44-,45+,49+,50+/m1/s1. The number of halogens is 4. The van der Waals surface area contributed by atoms with E-state index >= 15 is 0 Å². The van der Waals surface area contributed by atoms with Gasteiger partial charge in [-0.3, -0.25) is 9.59 Å². The predicted molar refractivity (Wildman–Crippen MR) is 284 cm³/mol. The first kappa shape index (κ1) is 59.4. The van der Waals surface area contributed by atoms with Gasteiger partial charge in [0.15, 0.2) is 0 Å². The van der Waals surface area contributed by atoms with Gasteiger partial charge in [-0.1, -0.05) is 46.4 Å². The van der Waals surface area contributed by atoms with Crippen LogP contribution in [-0.2, 0) is 61.4 Å². The van der Waals surface area contributed by atoms with Gasteiger partial charge in [0, 0.05) is 70.2 Å². The van der Waals surface area contributed by atoms with Crippen molar-refractivity contribution in [3.05, 3.63) is 115 Å². The molecule has 74 heavy (non-hydrogen) atoms. The number of carbonyl (C=O) groups excluding carboxylic acids is 2. The lowest BCUT2D eigenvalue weighted by Crippen LogP contribution is -2.34. The molecule has 0 spiro atoms. The molecule has 2 aliphatic carbocycles. The summed E-state index contributed by atoms with van der Waals surface area (Å²) in [4.78, 5) is 28.6. The Balaban J connectivity index is 0.726. The van der Waals surface area contributed by atoms with Crippen LogP contribution in [0.15, 0.2) is 82.6 Å². The number of nitrogens with one attached hydrogen (secondary N) is 4. The molecule has 0 radical (unpaired) electrons. The molecular formula is C50H64Cl4N6O12S2. The Kier molecular flexibility index (Phi) is 22.9. The SMILES string of the molecule is CN(C)[C@@H]1Cc2cc(Cl)cc(Cl)c2[C@H]1Oc1ccc(S(=O)(=O)NCCOCCOCCNC(=O)CCC(=O)NCCOCCOCCNS(=O)(=O)c2ccc(O[C@H]3c4cc(Cl)cc(Cl)c4C[C@@H]3N(C)C)cc2)cc1. The maximum absolute atomic E-state index is 12.9. The minimum Gasteiger partial charge on any atom is -0.484 e. The zero-order valence-corrected chi connectivity index (χ0v) is 46.3. The summed E-state index contributed by atoms with van der Waals surface area (Å²) >= 11 is 25.6. The smallest absolute Gasteiger partial charge is 0.240 e. The maximum Gasteiger partial charge on any atom is 0.240 e. The number of hydrogen-bond acceptors (Lipinski definition) is 14. The number of carbonyl (C=O) groups is 2. The second-order valence-electron chi connectivity index (χ2n) is 17.9. The highest BCUT2D eigenvalue weighted by Gasteiger charge is 2.39. The Morgan fingerprint density at radius 2 is 0.959 bits per heavy atom. The van der Waals surface area contributed by atoms with Crippen molar-refractivity contribution in [1.29, 1.82) is 0 Å². The van der Waals surface area contributed by atoms with Gasteiger partial charge in [-0.25, -0.2) is 26.3 Å². The molecule has 24 heteroatoms. The molecule has 0 unspecified atom stereocenters. The van der Waals surface area contributed by atoms with Gasteiger partial charge in [-0.2, -0.15) is 0 Å². The number of hydrogen-bond donors (Lipinski definition) is 4. The van der Waals surface area contributed by atoms with E-state index in [-0.39, 0.29) is 138 Å². The Labute approximate surface area is 454 Å². The van der Waals surface area contributed by atoms with E-state index < -0.39 is 20.0 Å². The summed E-state index contributed by atoms with van der Waals surface area (Å²) in [5.41, 5.74) is 3.79. The molecule has 406 valence electrons. The molecule has 4 atom stereocenters. The van der Waals surface area contributed by atoms with Gasteiger partial charge in [0.05, 0.1) is 74.7 Å². The summed E-state index contributed by atoms with van der Waals surface area (Å²) in [5.74, 6) is 0.406. The van der Waals surface area contributed by atoms with E-state index in [1.807, 2.05) is 40.3 Å². The van der Waals surface area contributed by atoms with Crippen LogP contribution in [0.1, 0.15) is 47.3 Å². The molecular weight excluding hydrogens is 1080 g/mol. The predicted octanol–water partition coefficient (Wildman–Crippen LogP) is 5.85. The van der Waals surface area contributed by atoms with Crippen molar-refractivity contribution >= 4 is 78.3 Å². The van der Waals surface area contributed by atoms with Gasteiger partial charge in [0.2, 0.25) is 31.9 Å². The summed E-state index contributed by atoms with van der Waals surface area (Å²) < 4.78 is 91.2. The lowest BCUT2D eigenvalue weighted by molar-refractivity contribution is -0.126. The third-order valence-corrected chi connectivity index (χ3v) is 16.2. The maximum atomic E-state index is 12.9. The van der Waals surface area contributed by atoms with Crippen LogP contribution in [0.5, 0.6) is 11.5 Å². The Morgan fingerprint density at radius 3 is 1.43 bits per heavy atom.